The molecule has 0 radical (unpaired) electrons. The number of fused-ring (bicyclic) bond motifs is 2. The molecule has 2 saturated heterocycles. The van der Waals surface area contributed by atoms with Crippen LogP contribution in [0.25, 0.3) is 0 Å². The monoisotopic (exact) mass is 112 g/mol. The van der Waals surface area contributed by atoms with E-state index in [1.807, 2.05) is 0 Å². The molecule has 2 aliphatic heterocycles. The molecule has 0 amide bonds. The zero-order valence-corrected chi connectivity index (χ0v) is 6.10. The molecule has 0 spiro atoms. The van der Waals surface area contributed by atoms with E-state index in [4.69, 9.17) is 0 Å². The molecule has 2 rings (SSSR count). The van der Waals surface area contributed by atoms with Crippen molar-refractivity contribution in [1.29, 1.82) is 0 Å². The molecule has 40 valence electrons. The van der Waals surface area contributed by atoms with Crippen molar-refractivity contribution in [3.63, 3.8) is 0 Å². The van der Waals surface area contributed by atoms with Crippen molar-refractivity contribution in [3.8, 4) is 0 Å². The van der Waals surface area contributed by atoms with Gasteiger partial charge < -0.3 is 0 Å². The van der Waals surface area contributed by atoms with Crippen molar-refractivity contribution in [1.82, 2.24) is 0 Å². The fourth-order valence-corrected chi connectivity index (χ4v) is 5.00. The van der Waals surface area contributed by atoms with Gasteiger partial charge in [-0.15, -0.1) is 0 Å². The van der Waals surface area contributed by atoms with E-state index in [-0.39, 0.29) is 0 Å². The third-order valence-corrected chi connectivity index (χ3v) is 5.60. The van der Waals surface area contributed by atoms with Crippen molar-refractivity contribution < 1.29 is 0 Å². The molecule has 1 heteroatoms. The second-order valence-corrected chi connectivity index (χ2v) is 5.90. The molecule has 0 aliphatic carbocycles. The topological polar surface area (TPSA) is 0 Å². The summed E-state index contributed by atoms with van der Waals surface area (Å²) in [5, 5.41) is 0. The van der Waals surface area contributed by atoms with E-state index in [9.17, 15) is 0 Å². The Hall–Kier alpha value is 0.217. The summed E-state index contributed by atoms with van der Waals surface area (Å²) in [5.41, 5.74) is 2.62. The molecule has 0 aromatic carbocycles. The molecule has 2 heterocycles. The summed E-state index contributed by atoms with van der Waals surface area (Å²) in [5.74, 6) is 0. The van der Waals surface area contributed by atoms with Crippen LogP contribution in [-0.4, -0.2) is 9.52 Å². The quantitative estimate of drug-likeness (QED) is 0.415. The van der Waals surface area contributed by atoms with E-state index in [1.165, 1.54) is 11.1 Å². The maximum Gasteiger partial charge on any atom is 0.0264 e. The van der Waals surface area contributed by atoms with Crippen LogP contribution in [0.15, 0.2) is 0 Å². The molecule has 0 aromatic heterocycles. The molecule has 7 heavy (non-hydrogen) atoms. The average molecular weight is 112 g/mol. The van der Waals surface area contributed by atoms with Gasteiger partial charge in [0.1, 0.15) is 0 Å². The molecule has 2 aliphatic rings. The highest BCUT2D eigenvalue weighted by Crippen LogP contribution is 2.45. The van der Waals surface area contributed by atoms with Crippen LogP contribution < -0.4 is 0 Å². The largest absolute Gasteiger partial charge is 0.0534 e. The lowest BCUT2D eigenvalue weighted by Crippen LogP contribution is -1.83. The summed E-state index contributed by atoms with van der Waals surface area (Å²) in [6.07, 6.45) is 6.49. The predicted molar refractivity (Wildman–Crippen MR) is 34.5 cm³/mol. The Balaban J connectivity index is 2.12. The second kappa shape index (κ2) is 1.34. The van der Waals surface area contributed by atoms with E-state index in [2.05, 4.69) is 0 Å². The highest BCUT2D eigenvalue weighted by atomic mass is 28.2. The van der Waals surface area contributed by atoms with Crippen molar-refractivity contribution >= 4 is 9.52 Å². The zero-order chi connectivity index (χ0) is 4.69. The molecule has 2 bridgehead atoms. The molecule has 0 aromatic rings. The normalized spacial score (nSPS) is 51.4. The Labute approximate surface area is 47.1 Å². The maximum atomic E-state index is 1.62. The lowest BCUT2D eigenvalue weighted by Gasteiger charge is -2.05. The first-order chi connectivity index (χ1) is 3.45. The Morgan fingerprint density at radius 1 is 0.857 bits per heavy atom. The number of rotatable bonds is 0. The Bertz CT molecular complexity index is 62.2. The van der Waals surface area contributed by atoms with Crippen LogP contribution in [0.1, 0.15) is 25.7 Å². The van der Waals surface area contributed by atoms with Crippen LogP contribution in [-0.2, 0) is 0 Å². The maximum absolute atomic E-state index is 1.62. The van der Waals surface area contributed by atoms with Gasteiger partial charge in [-0.3, -0.25) is 0 Å². The first-order valence-electron chi connectivity index (χ1n) is 3.45. The van der Waals surface area contributed by atoms with Gasteiger partial charge in [0.05, 0.1) is 0 Å². The van der Waals surface area contributed by atoms with Gasteiger partial charge in [-0.25, -0.2) is 0 Å². The minimum absolute atomic E-state index is 0.503. The van der Waals surface area contributed by atoms with Crippen LogP contribution in [0.2, 0.25) is 11.1 Å². The summed E-state index contributed by atoms with van der Waals surface area (Å²) in [6, 6.07) is 0. The van der Waals surface area contributed by atoms with E-state index in [0.717, 1.165) is 0 Å². The van der Waals surface area contributed by atoms with E-state index < -0.39 is 0 Å². The molecule has 2 fully saturated rings. The van der Waals surface area contributed by atoms with E-state index in [0.29, 0.717) is 9.52 Å². The average Bonchev–Trinajstić information content (AvgIpc) is 2.22. The van der Waals surface area contributed by atoms with Gasteiger partial charge in [-0.05, 0) is 0 Å². The fraction of sp³-hybridized carbons (Fsp3) is 1.00. The minimum atomic E-state index is 0.503. The molecule has 0 saturated carbocycles. The van der Waals surface area contributed by atoms with Crippen molar-refractivity contribution in [2.45, 2.75) is 36.8 Å². The van der Waals surface area contributed by atoms with Crippen molar-refractivity contribution in [3.05, 3.63) is 0 Å². The van der Waals surface area contributed by atoms with Crippen LogP contribution in [0.3, 0.4) is 0 Å². The summed E-state index contributed by atoms with van der Waals surface area (Å²) in [4.78, 5) is 0. The second-order valence-electron chi connectivity index (χ2n) is 3.12. The molecule has 0 atom stereocenters. The van der Waals surface area contributed by atoms with Gasteiger partial charge in [-0.2, -0.15) is 0 Å². The molecule has 0 N–H and O–H groups in total. The van der Waals surface area contributed by atoms with Crippen LogP contribution in [0, 0.1) is 0 Å². The molecule has 0 unspecified atom stereocenters. The predicted octanol–water partition coefficient (Wildman–Crippen LogP) is 1.32. The Morgan fingerprint density at radius 3 is 1.43 bits per heavy atom. The standard InChI is InChI=1S/C6H12Si/c1-2-6-4-3-5(1)7-6/h5-6H,1-4,7H2. The smallest absolute Gasteiger partial charge is 0.0264 e. The summed E-state index contributed by atoms with van der Waals surface area (Å²) >= 11 is 0. The van der Waals surface area contributed by atoms with Crippen molar-refractivity contribution in [2.75, 3.05) is 0 Å². The number of hydrogen-bond acceptors (Lipinski definition) is 0. The summed E-state index contributed by atoms with van der Waals surface area (Å²) in [7, 11) is 0.503. The summed E-state index contributed by atoms with van der Waals surface area (Å²) < 4.78 is 0. The molecule has 0 nitrogen and oxygen atoms in total. The lowest BCUT2D eigenvalue weighted by atomic mass is 10.0. The third-order valence-electron chi connectivity index (χ3n) is 2.63. The zero-order valence-electron chi connectivity index (χ0n) is 4.69. The number of hydrogen-bond donors (Lipinski definition) is 0. The Morgan fingerprint density at radius 2 is 1.29 bits per heavy atom. The van der Waals surface area contributed by atoms with Gasteiger partial charge in [0.2, 0.25) is 0 Å². The molecular formula is C6H12Si. The first kappa shape index (κ1) is 4.13. The van der Waals surface area contributed by atoms with Gasteiger partial charge >= 0.3 is 0 Å². The van der Waals surface area contributed by atoms with Crippen LogP contribution >= 0.6 is 0 Å². The summed E-state index contributed by atoms with van der Waals surface area (Å²) in [6.45, 7) is 0. The lowest BCUT2D eigenvalue weighted by molar-refractivity contribution is 0.565. The fourth-order valence-electron chi connectivity index (χ4n) is 2.17. The van der Waals surface area contributed by atoms with Gasteiger partial charge in [0.15, 0.2) is 0 Å². The third kappa shape index (κ3) is 0.547. The SMILES string of the molecule is C1CC2CCC1[SiH2]2. The van der Waals surface area contributed by atoms with Gasteiger partial charge in [0.25, 0.3) is 0 Å². The Kier molecular flexibility index (Phi) is 0.794. The first-order valence-corrected chi connectivity index (χ1v) is 5.08. The van der Waals surface area contributed by atoms with Crippen LogP contribution in [0.5, 0.6) is 0 Å². The van der Waals surface area contributed by atoms with E-state index >= 15 is 0 Å². The van der Waals surface area contributed by atoms with Crippen LogP contribution in [0.4, 0.5) is 0 Å². The highest BCUT2D eigenvalue weighted by Gasteiger charge is 2.31. The van der Waals surface area contributed by atoms with Crippen molar-refractivity contribution in [2.24, 2.45) is 0 Å². The van der Waals surface area contributed by atoms with E-state index in [1.54, 1.807) is 25.7 Å². The van der Waals surface area contributed by atoms with Gasteiger partial charge in [-0.1, -0.05) is 36.8 Å². The molecular weight excluding hydrogens is 100 g/mol. The highest BCUT2D eigenvalue weighted by molar-refractivity contribution is 6.41. The van der Waals surface area contributed by atoms with Gasteiger partial charge in [0, 0.05) is 9.52 Å². The minimum Gasteiger partial charge on any atom is -0.0534 e.